The minimum absolute atomic E-state index is 0.00267. The van der Waals surface area contributed by atoms with Gasteiger partial charge in [0, 0.05) is 39.8 Å². The minimum Gasteiger partial charge on any atom is -0.485 e. The first-order valence-electron chi connectivity index (χ1n) is 13.3. The van der Waals surface area contributed by atoms with Crippen molar-refractivity contribution in [1.29, 1.82) is 0 Å². The largest absolute Gasteiger partial charge is 0.485 e. The molecule has 0 N–H and O–H groups in total. The van der Waals surface area contributed by atoms with Crippen molar-refractivity contribution in [3.05, 3.63) is 91.0 Å². The summed E-state index contributed by atoms with van der Waals surface area (Å²) in [5.74, 6) is 6.51. The van der Waals surface area contributed by atoms with Crippen LogP contribution in [0.3, 0.4) is 0 Å². The Morgan fingerprint density at radius 3 is 1.36 bits per heavy atom. The smallest absolute Gasteiger partial charge is 0.226 e. The van der Waals surface area contributed by atoms with E-state index in [4.69, 9.17) is 14.2 Å². The summed E-state index contributed by atoms with van der Waals surface area (Å²) >= 11 is 7.35. The summed E-state index contributed by atoms with van der Waals surface area (Å²) in [6, 6.07) is 27.9. The number of para-hydroxylation sites is 3. The van der Waals surface area contributed by atoms with E-state index in [1.165, 1.54) is 35.3 Å². The molecule has 0 amide bonds. The van der Waals surface area contributed by atoms with Gasteiger partial charge in [-0.15, -0.1) is 0 Å². The molecular formula is C31H34O6S5. The van der Waals surface area contributed by atoms with E-state index in [0.717, 1.165) is 17.3 Å². The molecule has 0 aliphatic carbocycles. The normalized spacial score (nSPS) is 11.4. The van der Waals surface area contributed by atoms with Gasteiger partial charge in [-0.05, 0) is 36.4 Å². The molecule has 42 heavy (non-hydrogen) atoms. The fourth-order valence-corrected chi connectivity index (χ4v) is 8.42. The van der Waals surface area contributed by atoms with Crippen molar-refractivity contribution in [2.75, 3.05) is 54.3 Å². The van der Waals surface area contributed by atoms with Crippen LogP contribution in [0, 0.1) is 0 Å². The van der Waals surface area contributed by atoms with E-state index in [2.05, 4.69) is 0 Å². The lowest BCUT2D eigenvalue weighted by atomic mass is 10.3. The maximum atomic E-state index is 12.5. The van der Waals surface area contributed by atoms with Gasteiger partial charge in [-0.3, -0.25) is 14.4 Å². The molecule has 0 aliphatic rings. The zero-order valence-corrected chi connectivity index (χ0v) is 27.2. The quantitative estimate of drug-likeness (QED) is 0.119. The lowest BCUT2D eigenvalue weighted by Crippen LogP contribution is -2.16. The van der Waals surface area contributed by atoms with Gasteiger partial charge in [-0.1, -0.05) is 89.9 Å². The molecule has 0 aliphatic heterocycles. The third-order valence-corrected chi connectivity index (χ3v) is 11.2. The van der Waals surface area contributed by atoms with Crippen LogP contribution in [0.15, 0.2) is 91.0 Å². The van der Waals surface area contributed by atoms with Gasteiger partial charge < -0.3 is 14.2 Å². The molecule has 3 aromatic carbocycles. The monoisotopic (exact) mass is 662 g/mol. The van der Waals surface area contributed by atoms with Crippen LogP contribution in [0.1, 0.15) is 0 Å². The summed E-state index contributed by atoms with van der Waals surface area (Å²) in [5, 5.41) is 0.199. The average molecular weight is 663 g/mol. The first-order chi connectivity index (χ1) is 20.6. The van der Waals surface area contributed by atoms with Crippen LogP contribution in [0.25, 0.3) is 0 Å². The van der Waals surface area contributed by atoms with E-state index in [-0.39, 0.29) is 40.4 Å². The summed E-state index contributed by atoms with van der Waals surface area (Å²) in [6.45, 7) is 0.111. The van der Waals surface area contributed by atoms with E-state index in [9.17, 15) is 14.4 Å². The number of carbonyl (C=O) groups excluding carboxylic acids is 3. The second-order valence-electron chi connectivity index (χ2n) is 8.50. The summed E-state index contributed by atoms with van der Waals surface area (Å²) in [7, 11) is 0. The molecule has 1 atom stereocenters. The van der Waals surface area contributed by atoms with Gasteiger partial charge in [0.1, 0.15) is 17.2 Å². The Balaban J connectivity index is 1.33. The van der Waals surface area contributed by atoms with Gasteiger partial charge in [0.05, 0.1) is 0 Å². The maximum Gasteiger partial charge on any atom is 0.226 e. The maximum absolute atomic E-state index is 12.5. The number of hydrogen-bond donors (Lipinski definition) is 0. The van der Waals surface area contributed by atoms with Gasteiger partial charge in [0.15, 0.2) is 19.8 Å². The van der Waals surface area contributed by atoms with Crippen LogP contribution in [0.4, 0.5) is 0 Å². The molecule has 0 bridgehead atoms. The van der Waals surface area contributed by atoms with Gasteiger partial charge >= 0.3 is 0 Å². The first-order valence-corrected chi connectivity index (χ1v) is 18.4. The highest BCUT2D eigenvalue weighted by atomic mass is 32.2. The predicted molar refractivity (Wildman–Crippen MR) is 182 cm³/mol. The van der Waals surface area contributed by atoms with Gasteiger partial charge in [-0.25, -0.2) is 0 Å². The zero-order valence-electron chi connectivity index (χ0n) is 23.1. The molecule has 0 heterocycles. The molecule has 224 valence electrons. The van der Waals surface area contributed by atoms with Crippen molar-refractivity contribution in [3.8, 4) is 17.2 Å². The molecule has 3 rings (SSSR count). The fraction of sp³-hybridized carbons (Fsp3) is 0.323. The van der Waals surface area contributed by atoms with Crippen molar-refractivity contribution in [2.45, 2.75) is 5.25 Å². The second-order valence-corrected chi connectivity index (χ2v) is 14.4. The van der Waals surface area contributed by atoms with Crippen LogP contribution in [-0.4, -0.2) is 74.9 Å². The molecule has 1 unspecified atom stereocenters. The van der Waals surface area contributed by atoms with Crippen LogP contribution in [-0.2, 0) is 14.4 Å². The van der Waals surface area contributed by atoms with Crippen LogP contribution in [0.5, 0.6) is 17.2 Å². The highest BCUT2D eigenvalue weighted by molar-refractivity contribution is 8.16. The Morgan fingerprint density at radius 2 is 0.905 bits per heavy atom. The minimum atomic E-state index is -0.0170. The third kappa shape index (κ3) is 15.9. The van der Waals surface area contributed by atoms with Crippen molar-refractivity contribution < 1.29 is 28.6 Å². The molecule has 0 saturated carbocycles. The predicted octanol–water partition coefficient (Wildman–Crippen LogP) is 6.84. The van der Waals surface area contributed by atoms with Crippen LogP contribution >= 0.6 is 58.8 Å². The Labute approximate surface area is 269 Å². The lowest BCUT2D eigenvalue weighted by Gasteiger charge is -2.16. The molecule has 11 heteroatoms. The topological polar surface area (TPSA) is 78.9 Å². The van der Waals surface area contributed by atoms with E-state index in [1.54, 1.807) is 23.5 Å². The van der Waals surface area contributed by atoms with Crippen LogP contribution < -0.4 is 14.2 Å². The highest BCUT2D eigenvalue weighted by Crippen LogP contribution is 2.24. The molecule has 3 aromatic rings. The van der Waals surface area contributed by atoms with Crippen molar-refractivity contribution in [3.63, 3.8) is 0 Å². The number of carbonyl (C=O) groups is 3. The highest BCUT2D eigenvalue weighted by Gasteiger charge is 2.15. The Bertz CT molecular complexity index is 1180. The number of rotatable bonds is 20. The summed E-state index contributed by atoms with van der Waals surface area (Å²) in [6.07, 6.45) is 0. The standard InChI is InChI=1S/C31H34O6S5/c32-29(20-35-25-10-4-1-5-11-25)40-17-16-38-23-28(24-42-31(34)22-37-27-14-8-3-9-15-27)39-18-19-41-30(33)21-36-26-12-6-2-7-13-26/h1-15,28H,16-24H2. The molecule has 0 radical (unpaired) electrons. The molecule has 0 saturated heterocycles. The SMILES string of the molecule is O=C(COc1ccccc1)SCCSCC(CSC(=O)COc1ccccc1)SCCSC(=O)COc1ccccc1. The van der Waals surface area contributed by atoms with Gasteiger partial charge in [-0.2, -0.15) is 23.5 Å². The lowest BCUT2D eigenvalue weighted by molar-refractivity contribution is -0.113. The average Bonchev–Trinajstić information content (AvgIpc) is 3.03. The summed E-state index contributed by atoms with van der Waals surface area (Å²) < 4.78 is 16.6. The fourth-order valence-electron chi connectivity index (χ4n) is 3.23. The van der Waals surface area contributed by atoms with Crippen molar-refractivity contribution >= 4 is 74.2 Å². The Hall–Kier alpha value is -2.18. The third-order valence-electron chi connectivity index (χ3n) is 5.22. The molecule has 6 nitrogen and oxygen atoms in total. The van der Waals surface area contributed by atoms with E-state index < -0.39 is 0 Å². The Kier molecular flexibility index (Phi) is 17.6. The summed E-state index contributed by atoms with van der Waals surface area (Å²) in [4.78, 5) is 36.8. The number of hydrogen-bond acceptors (Lipinski definition) is 11. The Morgan fingerprint density at radius 1 is 0.500 bits per heavy atom. The van der Waals surface area contributed by atoms with Crippen molar-refractivity contribution in [2.24, 2.45) is 0 Å². The first kappa shape index (κ1) is 34.3. The molecule has 0 aromatic heterocycles. The van der Waals surface area contributed by atoms with Crippen molar-refractivity contribution in [1.82, 2.24) is 0 Å². The van der Waals surface area contributed by atoms with E-state index in [1.807, 2.05) is 91.0 Å². The number of benzene rings is 3. The van der Waals surface area contributed by atoms with Crippen LogP contribution in [0.2, 0.25) is 0 Å². The van der Waals surface area contributed by atoms with E-state index in [0.29, 0.717) is 34.5 Å². The number of ether oxygens (including phenoxy) is 3. The van der Waals surface area contributed by atoms with Gasteiger partial charge in [0.2, 0.25) is 15.3 Å². The molecular weight excluding hydrogens is 629 g/mol. The molecule has 0 spiro atoms. The van der Waals surface area contributed by atoms with E-state index >= 15 is 0 Å². The number of thioether (sulfide) groups is 5. The summed E-state index contributed by atoms with van der Waals surface area (Å²) in [5.41, 5.74) is 0. The van der Waals surface area contributed by atoms with Gasteiger partial charge in [0.25, 0.3) is 0 Å². The molecule has 0 fully saturated rings. The zero-order chi connectivity index (χ0) is 29.7. The second kappa shape index (κ2) is 21.5.